The van der Waals surface area contributed by atoms with Gasteiger partial charge >= 0.3 is 5.97 Å². The molecule has 0 aromatic carbocycles. The number of hydrogen-bond acceptors (Lipinski definition) is 6. The van der Waals surface area contributed by atoms with E-state index in [4.69, 9.17) is 4.74 Å². The molecule has 0 aromatic heterocycles. The van der Waals surface area contributed by atoms with E-state index in [9.17, 15) is 14.4 Å². The highest BCUT2D eigenvalue weighted by Gasteiger charge is 2.30. The van der Waals surface area contributed by atoms with Crippen molar-refractivity contribution in [3.63, 3.8) is 0 Å². The summed E-state index contributed by atoms with van der Waals surface area (Å²) in [7, 11) is 0. The molecule has 1 fully saturated rings. The van der Waals surface area contributed by atoms with Gasteiger partial charge in [-0.2, -0.15) is 0 Å². The standard InChI is InChI=1S/C16H24N4O4/c1-5-6-15(17-4)18-16(23)10-20-8-7-19(12(2)21)9-14(20)11-24-13(3)22/h5-6,14H,1,4,7-11H2,2-3H3,(H,18,23)/b15-6+. The molecule has 8 nitrogen and oxygen atoms in total. The second-order valence-corrected chi connectivity index (χ2v) is 5.39. The van der Waals surface area contributed by atoms with Gasteiger partial charge in [0.1, 0.15) is 12.4 Å². The van der Waals surface area contributed by atoms with Crippen LogP contribution in [0.4, 0.5) is 0 Å². The molecule has 132 valence electrons. The van der Waals surface area contributed by atoms with Gasteiger partial charge in [-0.3, -0.25) is 19.3 Å². The summed E-state index contributed by atoms with van der Waals surface area (Å²) in [4.78, 5) is 42.0. The summed E-state index contributed by atoms with van der Waals surface area (Å²) < 4.78 is 5.06. The number of hydrogen-bond donors (Lipinski definition) is 1. The van der Waals surface area contributed by atoms with Gasteiger partial charge in [-0.05, 0) is 12.8 Å². The molecule has 8 heteroatoms. The average molecular weight is 336 g/mol. The molecule has 1 rings (SSSR count). The summed E-state index contributed by atoms with van der Waals surface area (Å²) in [6.07, 6.45) is 3.04. The van der Waals surface area contributed by atoms with Crippen LogP contribution in [-0.2, 0) is 19.1 Å². The molecule has 1 heterocycles. The minimum atomic E-state index is -0.397. The lowest BCUT2D eigenvalue weighted by atomic mass is 10.1. The highest BCUT2D eigenvalue weighted by molar-refractivity contribution is 5.80. The second kappa shape index (κ2) is 9.61. The SMILES string of the molecule is C=C/C=C(\N=C)NC(=O)CN1CCN(C(C)=O)CC1COC(C)=O. The molecule has 1 aliphatic heterocycles. The first-order valence-corrected chi connectivity index (χ1v) is 7.59. The number of nitrogens with zero attached hydrogens (tertiary/aromatic N) is 3. The molecule has 0 saturated carbocycles. The Hall–Kier alpha value is -2.48. The fourth-order valence-electron chi connectivity index (χ4n) is 2.37. The number of carbonyl (C=O) groups is 3. The van der Waals surface area contributed by atoms with Crippen molar-refractivity contribution in [3.8, 4) is 0 Å². The molecule has 1 N–H and O–H groups in total. The van der Waals surface area contributed by atoms with Crippen LogP contribution in [0.25, 0.3) is 0 Å². The van der Waals surface area contributed by atoms with E-state index in [1.54, 1.807) is 4.90 Å². The summed E-state index contributed by atoms with van der Waals surface area (Å²) in [5, 5.41) is 2.63. The fourth-order valence-corrected chi connectivity index (χ4v) is 2.37. The lowest BCUT2D eigenvalue weighted by Gasteiger charge is -2.40. The number of allylic oxidation sites excluding steroid dienone is 2. The summed E-state index contributed by atoms with van der Waals surface area (Å²) in [5.41, 5.74) is 0. The Labute approximate surface area is 141 Å². The van der Waals surface area contributed by atoms with Crippen LogP contribution in [0.3, 0.4) is 0 Å². The van der Waals surface area contributed by atoms with Gasteiger partial charge in [0.15, 0.2) is 0 Å². The largest absolute Gasteiger partial charge is 0.464 e. The first-order chi connectivity index (χ1) is 11.4. The van der Waals surface area contributed by atoms with E-state index in [0.717, 1.165) is 0 Å². The minimum Gasteiger partial charge on any atom is -0.464 e. The molecule has 0 aliphatic carbocycles. The molecule has 24 heavy (non-hydrogen) atoms. The van der Waals surface area contributed by atoms with Crippen LogP contribution in [-0.4, -0.2) is 73.1 Å². The van der Waals surface area contributed by atoms with Crippen molar-refractivity contribution in [1.29, 1.82) is 0 Å². The van der Waals surface area contributed by atoms with Crippen LogP contribution >= 0.6 is 0 Å². The van der Waals surface area contributed by atoms with E-state index in [1.165, 1.54) is 26.0 Å². The third-order valence-electron chi connectivity index (χ3n) is 3.59. The molecule has 0 aromatic rings. The normalized spacial score (nSPS) is 18.7. The van der Waals surface area contributed by atoms with Crippen molar-refractivity contribution in [2.24, 2.45) is 4.99 Å². The molecular weight excluding hydrogens is 312 g/mol. The van der Waals surface area contributed by atoms with Crippen molar-refractivity contribution in [3.05, 3.63) is 24.6 Å². The third-order valence-corrected chi connectivity index (χ3v) is 3.59. The molecular formula is C16H24N4O4. The van der Waals surface area contributed by atoms with E-state index in [0.29, 0.717) is 25.5 Å². The molecule has 0 bridgehead atoms. The van der Waals surface area contributed by atoms with E-state index in [2.05, 4.69) is 23.6 Å². The Balaban J connectivity index is 2.71. The minimum absolute atomic E-state index is 0.0426. The van der Waals surface area contributed by atoms with E-state index >= 15 is 0 Å². The highest BCUT2D eigenvalue weighted by atomic mass is 16.5. The smallest absolute Gasteiger partial charge is 0.302 e. The van der Waals surface area contributed by atoms with Crippen molar-refractivity contribution in [2.45, 2.75) is 19.9 Å². The molecule has 1 aliphatic rings. The molecule has 2 amide bonds. The number of piperazine rings is 1. The van der Waals surface area contributed by atoms with Gasteiger partial charge in [0.25, 0.3) is 0 Å². The molecule has 1 saturated heterocycles. The first kappa shape index (κ1) is 19.6. The highest BCUT2D eigenvalue weighted by Crippen LogP contribution is 2.11. The monoisotopic (exact) mass is 336 g/mol. The number of rotatable bonds is 7. The first-order valence-electron chi connectivity index (χ1n) is 7.59. The van der Waals surface area contributed by atoms with Gasteiger partial charge in [0, 0.05) is 33.5 Å². The molecule has 1 atom stereocenters. The Morgan fingerprint density at radius 3 is 2.58 bits per heavy atom. The lowest BCUT2D eigenvalue weighted by Crippen LogP contribution is -2.58. The summed E-state index contributed by atoms with van der Waals surface area (Å²) in [6, 6.07) is -0.235. The molecule has 0 radical (unpaired) electrons. The Bertz CT molecular complexity index is 544. The van der Waals surface area contributed by atoms with Crippen LogP contribution < -0.4 is 5.32 Å². The van der Waals surface area contributed by atoms with Crippen LogP contribution in [0.5, 0.6) is 0 Å². The number of carbonyl (C=O) groups excluding carboxylic acids is 3. The quantitative estimate of drug-likeness (QED) is 0.399. The topological polar surface area (TPSA) is 91.3 Å². The fraction of sp³-hybridized carbons (Fsp3) is 0.500. The zero-order chi connectivity index (χ0) is 18.1. The molecule has 0 spiro atoms. The van der Waals surface area contributed by atoms with E-state index < -0.39 is 5.97 Å². The van der Waals surface area contributed by atoms with E-state index in [1.807, 2.05) is 4.90 Å². The zero-order valence-corrected chi connectivity index (χ0v) is 14.2. The third kappa shape index (κ3) is 6.33. The second-order valence-electron chi connectivity index (χ2n) is 5.39. The summed E-state index contributed by atoms with van der Waals surface area (Å²) >= 11 is 0. The average Bonchev–Trinajstić information content (AvgIpc) is 2.53. The van der Waals surface area contributed by atoms with Gasteiger partial charge in [0.2, 0.25) is 11.8 Å². The van der Waals surface area contributed by atoms with Gasteiger partial charge in [0.05, 0.1) is 12.6 Å². The number of nitrogens with one attached hydrogen (secondary N) is 1. The number of ether oxygens (including phenoxy) is 1. The van der Waals surface area contributed by atoms with Gasteiger partial charge in [-0.1, -0.05) is 12.7 Å². The van der Waals surface area contributed by atoms with Crippen LogP contribution in [0, 0.1) is 0 Å². The summed E-state index contributed by atoms with van der Waals surface area (Å²) in [5.74, 6) is -0.390. The predicted molar refractivity (Wildman–Crippen MR) is 90.2 cm³/mol. The lowest BCUT2D eigenvalue weighted by molar-refractivity contribution is -0.144. The number of amides is 2. The maximum Gasteiger partial charge on any atom is 0.302 e. The van der Waals surface area contributed by atoms with Gasteiger partial charge < -0.3 is 15.0 Å². The number of esters is 1. The number of aliphatic imine (C=N–C) groups is 1. The van der Waals surface area contributed by atoms with Crippen LogP contribution in [0.15, 0.2) is 29.5 Å². The summed E-state index contributed by atoms with van der Waals surface area (Å²) in [6.45, 7) is 11.4. The van der Waals surface area contributed by atoms with Gasteiger partial charge in [-0.15, -0.1) is 0 Å². The maximum atomic E-state index is 12.2. The van der Waals surface area contributed by atoms with Crippen LogP contribution in [0.1, 0.15) is 13.8 Å². The van der Waals surface area contributed by atoms with E-state index in [-0.39, 0.29) is 31.0 Å². The Morgan fingerprint density at radius 2 is 2.04 bits per heavy atom. The zero-order valence-electron chi connectivity index (χ0n) is 14.2. The van der Waals surface area contributed by atoms with Crippen molar-refractivity contribution in [2.75, 3.05) is 32.8 Å². The van der Waals surface area contributed by atoms with Gasteiger partial charge in [-0.25, -0.2) is 4.99 Å². The van der Waals surface area contributed by atoms with Crippen molar-refractivity contribution in [1.82, 2.24) is 15.1 Å². The van der Waals surface area contributed by atoms with Crippen molar-refractivity contribution < 1.29 is 19.1 Å². The van der Waals surface area contributed by atoms with Crippen LogP contribution in [0.2, 0.25) is 0 Å². The Morgan fingerprint density at radius 1 is 1.33 bits per heavy atom. The predicted octanol–water partition coefficient (Wildman–Crippen LogP) is -0.0736. The Kier molecular flexibility index (Phi) is 7.84. The maximum absolute atomic E-state index is 12.2. The van der Waals surface area contributed by atoms with Crippen molar-refractivity contribution >= 4 is 24.5 Å². The molecule has 1 unspecified atom stereocenters.